The van der Waals surface area contributed by atoms with Crippen LogP contribution in [0, 0.1) is 0 Å². The third kappa shape index (κ3) is 3.47. The summed E-state index contributed by atoms with van der Waals surface area (Å²) in [5.74, 6) is 0.817. The van der Waals surface area contributed by atoms with Crippen LogP contribution in [0.4, 0.5) is 0 Å². The second-order valence-electron chi connectivity index (χ2n) is 4.02. The standard InChI is InChI=1S/C15H14BrClOS/c1-18-11-5-8-13(14(16)9-11)15(17)10-3-6-12(19-2)7-4-10/h3-9,15H,1-2H3. The monoisotopic (exact) mass is 356 g/mol. The fourth-order valence-electron chi connectivity index (χ4n) is 1.79. The van der Waals surface area contributed by atoms with Crippen LogP contribution in [0.5, 0.6) is 5.75 Å². The number of ether oxygens (including phenoxy) is 1. The molecule has 100 valence electrons. The molecule has 0 amide bonds. The molecule has 0 fully saturated rings. The maximum Gasteiger partial charge on any atom is 0.120 e. The Hall–Kier alpha value is -0.640. The van der Waals surface area contributed by atoms with E-state index >= 15 is 0 Å². The van der Waals surface area contributed by atoms with E-state index in [4.69, 9.17) is 16.3 Å². The number of methoxy groups -OCH3 is 1. The second kappa shape index (κ2) is 6.69. The molecule has 19 heavy (non-hydrogen) atoms. The van der Waals surface area contributed by atoms with Crippen molar-refractivity contribution in [2.45, 2.75) is 10.3 Å². The van der Waals surface area contributed by atoms with E-state index < -0.39 is 0 Å². The number of alkyl halides is 1. The molecule has 0 saturated heterocycles. The van der Waals surface area contributed by atoms with Crippen molar-refractivity contribution >= 4 is 39.3 Å². The molecule has 0 saturated carbocycles. The number of thioether (sulfide) groups is 1. The minimum atomic E-state index is -0.170. The molecule has 2 rings (SSSR count). The number of rotatable bonds is 4. The smallest absolute Gasteiger partial charge is 0.120 e. The minimum Gasteiger partial charge on any atom is -0.497 e. The summed E-state index contributed by atoms with van der Waals surface area (Å²) in [6.07, 6.45) is 2.06. The summed E-state index contributed by atoms with van der Waals surface area (Å²) in [6.45, 7) is 0. The highest BCUT2D eigenvalue weighted by Crippen LogP contribution is 2.36. The lowest BCUT2D eigenvalue weighted by Crippen LogP contribution is -1.95. The average molecular weight is 358 g/mol. The largest absolute Gasteiger partial charge is 0.497 e. The van der Waals surface area contributed by atoms with Crippen LogP contribution < -0.4 is 4.74 Å². The van der Waals surface area contributed by atoms with Crippen molar-refractivity contribution in [3.05, 3.63) is 58.1 Å². The van der Waals surface area contributed by atoms with E-state index in [1.54, 1.807) is 18.9 Å². The van der Waals surface area contributed by atoms with Crippen molar-refractivity contribution in [1.82, 2.24) is 0 Å². The van der Waals surface area contributed by atoms with E-state index in [0.29, 0.717) is 0 Å². The van der Waals surface area contributed by atoms with Gasteiger partial charge in [0.25, 0.3) is 0 Å². The molecular formula is C15H14BrClOS. The van der Waals surface area contributed by atoms with Crippen LogP contribution in [-0.4, -0.2) is 13.4 Å². The fraction of sp³-hybridized carbons (Fsp3) is 0.200. The van der Waals surface area contributed by atoms with Crippen molar-refractivity contribution in [2.75, 3.05) is 13.4 Å². The molecule has 0 aliphatic rings. The summed E-state index contributed by atoms with van der Waals surface area (Å²) in [4.78, 5) is 1.24. The molecule has 1 unspecified atom stereocenters. The fourth-order valence-corrected chi connectivity index (χ4v) is 3.26. The zero-order valence-corrected chi connectivity index (χ0v) is 13.8. The summed E-state index contributed by atoms with van der Waals surface area (Å²) in [5.41, 5.74) is 2.13. The van der Waals surface area contributed by atoms with Crippen molar-refractivity contribution in [1.29, 1.82) is 0 Å². The van der Waals surface area contributed by atoms with Gasteiger partial charge in [-0.2, -0.15) is 0 Å². The summed E-state index contributed by atoms with van der Waals surface area (Å²) >= 11 is 11.8. The van der Waals surface area contributed by atoms with Gasteiger partial charge in [0.15, 0.2) is 0 Å². The normalized spacial score (nSPS) is 12.2. The highest BCUT2D eigenvalue weighted by Gasteiger charge is 2.14. The van der Waals surface area contributed by atoms with Gasteiger partial charge in [0.1, 0.15) is 5.75 Å². The molecule has 0 N–H and O–H groups in total. The molecule has 4 heteroatoms. The van der Waals surface area contributed by atoms with E-state index in [0.717, 1.165) is 21.3 Å². The van der Waals surface area contributed by atoms with E-state index in [2.05, 4.69) is 46.5 Å². The second-order valence-corrected chi connectivity index (χ2v) is 6.19. The Morgan fingerprint density at radius 2 is 1.84 bits per heavy atom. The van der Waals surface area contributed by atoms with Gasteiger partial charge in [-0.15, -0.1) is 23.4 Å². The van der Waals surface area contributed by atoms with Gasteiger partial charge < -0.3 is 4.74 Å². The Labute approximate surface area is 131 Å². The molecule has 1 nitrogen and oxygen atoms in total. The van der Waals surface area contributed by atoms with Gasteiger partial charge in [0, 0.05) is 9.37 Å². The van der Waals surface area contributed by atoms with Gasteiger partial charge >= 0.3 is 0 Å². The first-order valence-electron chi connectivity index (χ1n) is 5.77. The number of hydrogen-bond acceptors (Lipinski definition) is 2. The number of hydrogen-bond donors (Lipinski definition) is 0. The first kappa shape index (κ1) is 14.8. The summed E-state index contributed by atoms with van der Waals surface area (Å²) in [5, 5.41) is -0.170. The molecule has 0 aliphatic heterocycles. The molecule has 0 spiro atoms. The average Bonchev–Trinajstić information content (AvgIpc) is 2.46. The van der Waals surface area contributed by atoms with Crippen LogP contribution >= 0.6 is 39.3 Å². The highest BCUT2D eigenvalue weighted by atomic mass is 79.9. The van der Waals surface area contributed by atoms with Crippen molar-refractivity contribution in [3.8, 4) is 5.75 Å². The van der Waals surface area contributed by atoms with E-state index in [9.17, 15) is 0 Å². The molecule has 0 heterocycles. The van der Waals surface area contributed by atoms with Crippen LogP contribution in [-0.2, 0) is 0 Å². The SMILES string of the molecule is COc1ccc(C(Cl)c2ccc(SC)cc2)c(Br)c1. The number of benzene rings is 2. The van der Waals surface area contributed by atoms with Gasteiger partial charge in [-0.1, -0.05) is 34.1 Å². The van der Waals surface area contributed by atoms with Gasteiger partial charge in [-0.25, -0.2) is 0 Å². The molecule has 2 aromatic carbocycles. The topological polar surface area (TPSA) is 9.23 Å². The lowest BCUT2D eigenvalue weighted by molar-refractivity contribution is 0.414. The van der Waals surface area contributed by atoms with Crippen LogP contribution in [0.3, 0.4) is 0 Å². The maximum atomic E-state index is 6.55. The first-order valence-corrected chi connectivity index (χ1v) is 8.22. The third-order valence-electron chi connectivity index (χ3n) is 2.89. The molecule has 2 aromatic rings. The summed E-state index contributed by atoms with van der Waals surface area (Å²) in [7, 11) is 1.65. The molecular weight excluding hydrogens is 344 g/mol. The van der Waals surface area contributed by atoms with Crippen molar-refractivity contribution in [3.63, 3.8) is 0 Å². The predicted molar refractivity (Wildman–Crippen MR) is 86.6 cm³/mol. The first-order chi connectivity index (χ1) is 9.15. The Kier molecular flexibility index (Phi) is 5.20. The zero-order chi connectivity index (χ0) is 13.8. The number of halogens is 2. The van der Waals surface area contributed by atoms with Gasteiger partial charge in [0.05, 0.1) is 12.5 Å². The zero-order valence-electron chi connectivity index (χ0n) is 10.7. The molecule has 0 radical (unpaired) electrons. The van der Waals surface area contributed by atoms with Crippen LogP contribution in [0.15, 0.2) is 51.8 Å². The van der Waals surface area contributed by atoms with Gasteiger partial charge in [0.2, 0.25) is 0 Å². The lowest BCUT2D eigenvalue weighted by Gasteiger charge is -2.13. The van der Waals surface area contributed by atoms with Crippen LogP contribution in [0.25, 0.3) is 0 Å². The van der Waals surface area contributed by atoms with E-state index in [1.807, 2.05) is 18.2 Å². The van der Waals surface area contributed by atoms with Crippen molar-refractivity contribution in [2.24, 2.45) is 0 Å². The maximum absolute atomic E-state index is 6.55. The summed E-state index contributed by atoms with van der Waals surface area (Å²) in [6, 6.07) is 14.2. The van der Waals surface area contributed by atoms with Crippen molar-refractivity contribution < 1.29 is 4.74 Å². The van der Waals surface area contributed by atoms with E-state index in [1.165, 1.54) is 4.90 Å². The van der Waals surface area contributed by atoms with E-state index in [-0.39, 0.29) is 5.38 Å². The quantitative estimate of drug-likeness (QED) is 0.527. The molecule has 0 aliphatic carbocycles. The lowest BCUT2D eigenvalue weighted by atomic mass is 10.0. The minimum absolute atomic E-state index is 0.170. The predicted octanol–water partition coefficient (Wildman–Crippen LogP) is 5.51. The Morgan fingerprint density at radius 1 is 1.16 bits per heavy atom. The highest BCUT2D eigenvalue weighted by molar-refractivity contribution is 9.10. The van der Waals surface area contributed by atoms with Gasteiger partial charge in [-0.05, 0) is 41.6 Å². The molecule has 0 aromatic heterocycles. The Balaban J connectivity index is 2.29. The Morgan fingerprint density at radius 3 is 2.37 bits per heavy atom. The van der Waals surface area contributed by atoms with Gasteiger partial charge in [-0.3, -0.25) is 0 Å². The molecule has 0 bridgehead atoms. The van der Waals surface area contributed by atoms with Crippen LogP contribution in [0.2, 0.25) is 0 Å². The van der Waals surface area contributed by atoms with Crippen LogP contribution in [0.1, 0.15) is 16.5 Å². The molecule has 1 atom stereocenters. The Bertz CT molecular complexity index is 557. The summed E-state index contributed by atoms with van der Waals surface area (Å²) < 4.78 is 6.15. The third-order valence-corrected chi connectivity index (χ3v) is 4.81.